The number of carbonyl (C=O) groups excluding carboxylic acids is 1. The van der Waals surface area contributed by atoms with Gasteiger partial charge in [0.15, 0.2) is 0 Å². The van der Waals surface area contributed by atoms with Crippen molar-refractivity contribution in [2.45, 2.75) is 26.3 Å². The molecule has 1 aliphatic heterocycles. The molecule has 38 heavy (non-hydrogen) atoms. The number of ether oxygens (including phenoxy) is 2. The SMILES string of the molecule is COc1ccc(CNc2nccc(-c3[nH]nc4nc(N5CCC(C)(COC(N)=O)CC5)cnc34)c2Cl)cc1. The van der Waals surface area contributed by atoms with Crippen molar-refractivity contribution in [2.75, 3.05) is 37.0 Å². The highest BCUT2D eigenvalue weighted by Gasteiger charge is 2.32. The third-order valence-electron chi connectivity index (χ3n) is 6.89. The number of aromatic nitrogens is 5. The van der Waals surface area contributed by atoms with E-state index >= 15 is 0 Å². The summed E-state index contributed by atoms with van der Waals surface area (Å²) in [6.45, 7) is 4.48. The Labute approximate surface area is 224 Å². The van der Waals surface area contributed by atoms with Crippen LogP contribution in [0.5, 0.6) is 5.75 Å². The number of halogens is 1. The van der Waals surface area contributed by atoms with Gasteiger partial charge in [0.25, 0.3) is 0 Å². The van der Waals surface area contributed by atoms with Crippen molar-refractivity contribution >= 4 is 40.5 Å². The smallest absolute Gasteiger partial charge is 0.404 e. The first-order valence-electron chi connectivity index (χ1n) is 12.3. The zero-order valence-electron chi connectivity index (χ0n) is 21.2. The van der Waals surface area contributed by atoms with Gasteiger partial charge in [0.05, 0.1) is 30.6 Å². The minimum atomic E-state index is -0.742. The Bertz CT molecular complexity index is 1430. The number of carbonyl (C=O) groups is 1. The molecule has 5 rings (SSSR count). The molecule has 0 aliphatic carbocycles. The number of aromatic amines is 1. The summed E-state index contributed by atoms with van der Waals surface area (Å²) in [6, 6.07) is 9.61. The van der Waals surface area contributed by atoms with E-state index in [9.17, 15) is 4.79 Å². The van der Waals surface area contributed by atoms with E-state index in [0.717, 1.165) is 48.6 Å². The average molecular weight is 537 g/mol. The number of methoxy groups -OCH3 is 1. The molecule has 0 radical (unpaired) electrons. The van der Waals surface area contributed by atoms with E-state index in [4.69, 9.17) is 31.8 Å². The molecule has 0 spiro atoms. The van der Waals surface area contributed by atoms with Crippen LogP contribution in [0.4, 0.5) is 16.4 Å². The lowest BCUT2D eigenvalue weighted by Gasteiger charge is -2.39. The second kappa shape index (κ2) is 10.7. The maximum Gasteiger partial charge on any atom is 0.404 e. The number of anilines is 2. The summed E-state index contributed by atoms with van der Waals surface area (Å²) in [5, 5.41) is 11.2. The van der Waals surface area contributed by atoms with Gasteiger partial charge in [-0.15, -0.1) is 0 Å². The van der Waals surface area contributed by atoms with Crippen LogP contribution in [0.1, 0.15) is 25.3 Å². The summed E-state index contributed by atoms with van der Waals surface area (Å²) in [4.78, 5) is 27.0. The Hall–Kier alpha value is -4.12. The zero-order chi connectivity index (χ0) is 26.7. The molecule has 0 atom stereocenters. The fraction of sp³-hybridized carbons (Fsp3) is 0.346. The first kappa shape index (κ1) is 25.5. The van der Waals surface area contributed by atoms with Crippen molar-refractivity contribution in [3.8, 4) is 17.0 Å². The number of nitrogens with one attached hydrogen (secondary N) is 2. The summed E-state index contributed by atoms with van der Waals surface area (Å²) in [5.74, 6) is 2.11. The van der Waals surface area contributed by atoms with Crippen LogP contribution in [0.3, 0.4) is 0 Å². The van der Waals surface area contributed by atoms with E-state index in [1.54, 1.807) is 19.5 Å². The number of fused-ring (bicyclic) bond motifs is 1. The van der Waals surface area contributed by atoms with E-state index in [1.165, 1.54) is 0 Å². The number of benzene rings is 1. The number of hydrogen-bond donors (Lipinski definition) is 3. The van der Waals surface area contributed by atoms with Crippen LogP contribution in [0.15, 0.2) is 42.7 Å². The molecule has 1 aromatic carbocycles. The van der Waals surface area contributed by atoms with E-state index in [-0.39, 0.29) is 5.41 Å². The fourth-order valence-electron chi connectivity index (χ4n) is 4.48. The normalized spacial score (nSPS) is 14.9. The molecule has 4 aromatic rings. The third-order valence-corrected chi connectivity index (χ3v) is 7.27. The number of pyridine rings is 1. The highest BCUT2D eigenvalue weighted by atomic mass is 35.5. The quantitative estimate of drug-likeness (QED) is 0.298. The highest BCUT2D eigenvalue weighted by molar-refractivity contribution is 6.35. The minimum Gasteiger partial charge on any atom is -0.497 e. The second-order valence-electron chi connectivity index (χ2n) is 9.63. The molecule has 1 fully saturated rings. The third kappa shape index (κ3) is 5.42. The van der Waals surface area contributed by atoms with Gasteiger partial charge in [0.1, 0.15) is 22.9 Å². The molecule has 1 aliphatic rings. The van der Waals surface area contributed by atoms with Crippen molar-refractivity contribution in [1.82, 2.24) is 25.1 Å². The van der Waals surface area contributed by atoms with Crippen molar-refractivity contribution in [3.05, 3.63) is 53.3 Å². The number of rotatable bonds is 8. The van der Waals surface area contributed by atoms with Crippen LogP contribution >= 0.6 is 11.6 Å². The number of piperidine rings is 1. The van der Waals surface area contributed by atoms with Crippen LogP contribution < -0.4 is 20.7 Å². The van der Waals surface area contributed by atoms with Gasteiger partial charge in [0, 0.05) is 36.8 Å². The van der Waals surface area contributed by atoms with Crippen molar-refractivity contribution in [2.24, 2.45) is 11.1 Å². The Kier molecular flexibility index (Phi) is 7.19. The van der Waals surface area contributed by atoms with Crippen LogP contribution in [-0.4, -0.2) is 58.0 Å². The number of hydrogen-bond acceptors (Lipinski definition) is 9. The van der Waals surface area contributed by atoms with Crippen LogP contribution in [-0.2, 0) is 11.3 Å². The maximum absolute atomic E-state index is 11.0. The van der Waals surface area contributed by atoms with Gasteiger partial charge >= 0.3 is 6.09 Å². The van der Waals surface area contributed by atoms with Crippen LogP contribution in [0.2, 0.25) is 5.02 Å². The van der Waals surface area contributed by atoms with Gasteiger partial charge in [-0.25, -0.2) is 19.7 Å². The first-order valence-corrected chi connectivity index (χ1v) is 12.6. The van der Waals surface area contributed by atoms with Crippen molar-refractivity contribution < 1.29 is 14.3 Å². The van der Waals surface area contributed by atoms with Gasteiger partial charge in [-0.2, -0.15) is 5.10 Å². The summed E-state index contributed by atoms with van der Waals surface area (Å²) >= 11 is 6.75. The van der Waals surface area contributed by atoms with Gasteiger partial charge in [-0.05, 0) is 36.6 Å². The van der Waals surface area contributed by atoms with Gasteiger partial charge in [-0.3, -0.25) is 5.10 Å². The number of nitrogens with two attached hydrogens (primary N) is 1. The molecule has 12 heteroatoms. The lowest BCUT2D eigenvalue weighted by Crippen LogP contribution is -2.42. The van der Waals surface area contributed by atoms with Crippen molar-refractivity contribution in [3.63, 3.8) is 0 Å². The second-order valence-corrected chi connectivity index (χ2v) is 10.0. The zero-order valence-corrected chi connectivity index (χ0v) is 22.0. The monoisotopic (exact) mass is 536 g/mol. The summed E-state index contributed by atoms with van der Waals surface area (Å²) in [7, 11) is 1.64. The molecule has 0 bridgehead atoms. The van der Waals surface area contributed by atoms with E-state index in [2.05, 4.69) is 37.3 Å². The highest BCUT2D eigenvalue weighted by Crippen LogP contribution is 2.36. The minimum absolute atomic E-state index is 0.111. The fourth-order valence-corrected chi connectivity index (χ4v) is 4.75. The molecule has 198 valence electrons. The number of primary amides is 1. The van der Waals surface area contributed by atoms with Gasteiger partial charge in [0.2, 0.25) is 5.65 Å². The first-order chi connectivity index (χ1) is 18.3. The van der Waals surface area contributed by atoms with Crippen LogP contribution in [0.25, 0.3) is 22.4 Å². The lowest BCUT2D eigenvalue weighted by atomic mass is 9.81. The van der Waals surface area contributed by atoms with Gasteiger partial charge in [-0.1, -0.05) is 30.7 Å². The molecule has 0 unspecified atom stereocenters. The number of nitrogens with zero attached hydrogens (tertiary/aromatic N) is 5. The molecular formula is C26H29ClN8O3. The van der Waals surface area contributed by atoms with Crippen LogP contribution in [0, 0.1) is 5.41 Å². The number of H-pyrrole nitrogens is 1. The van der Waals surface area contributed by atoms with E-state index < -0.39 is 6.09 Å². The molecule has 0 saturated carbocycles. The predicted octanol–water partition coefficient (Wildman–Crippen LogP) is 4.39. The lowest BCUT2D eigenvalue weighted by molar-refractivity contribution is 0.0818. The molecule has 1 amide bonds. The number of amides is 1. The largest absolute Gasteiger partial charge is 0.497 e. The Morgan fingerprint density at radius 3 is 2.68 bits per heavy atom. The Morgan fingerprint density at radius 1 is 1.21 bits per heavy atom. The molecular weight excluding hydrogens is 508 g/mol. The molecule has 11 nitrogen and oxygen atoms in total. The van der Waals surface area contributed by atoms with Gasteiger partial charge < -0.3 is 25.4 Å². The molecule has 4 N–H and O–H groups in total. The Balaban J connectivity index is 1.30. The standard InChI is InChI=1S/C26H29ClN8O3/c1-26(15-38-25(28)36)8-11-35(12-9-26)19-14-30-22-21(33-34-24(22)32-19)18-7-10-29-23(20(18)27)31-13-16-3-5-17(37-2)6-4-16/h3-7,10,14H,8-9,11-13,15H2,1-2H3,(H2,28,36)(H,29,31)(H,32,33,34). The van der Waals surface area contributed by atoms with E-state index in [1.807, 2.05) is 30.3 Å². The molecule has 4 heterocycles. The molecule has 3 aromatic heterocycles. The van der Waals surface area contributed by atoms with E-state index in [0.29, 0.717) is 40.8 Å². The maximum atomic E-state index is 11.0. The average Bonchev–Trinajstić information content (AvgIpc) is 3.35. The Morgan fingerprint density at radius 2 is 1.97 bits per heavy atom. The predicted molar refractivity (Wildman–Crippen MR) is 145 cm³/mol. The topological polar surface area (TPSA) is 144 Å². The molecule has 1 saturated heterocycles. The summed E-state index contributed by atoms with van der Waals surface area (Å²) < 4.78 is 10.3. The summed E-state index contributed by atoms with van der Waals surface area (Å²) in [5.41, 5.74) is 8.62. The van der Waals surface area contributed by atoms with Crippen molar-refractivity contribution in [1.29, 1.82) is 0 Å². The summed E-state index contributed by atoms with van der Waals surface area (Å²) in [6.07, 6.45) is 4.38.